The number of ether oxygens (including phenoxy) is 2. The van der Waals surface area contributed by atoms with E-state index in [1.807, 2.05) is 0 Å². The van der Waals surface area contributed by atoms with Crippen LogP contribution in [0.3, 0.4) is 0 Å². The predicted molar refractivity (Wildman–Crippen MR) is 214 cm³/mol. The fraction of sp³-hybridized carbons (Fsp3) is 0.822. The average Bonchev–Trinajstić information content (AvgIpc) is 3.12. The van der Waals surface area contributed by atoms with Crippen molar-refractivity contribution in [2.24, 2.45) is 0 Å². The van der Waals surface area contributed by atoms with Gasteiger partial charge in [0.15, 0.2) is 6.10 Å². The van der Waals surface area contributed by atoms with Crippen LogP contribution in [-0.2, 0) is 19.1 Å². The first-order valence-corrected chi connectivity index (χ1v) is 21.5. The second-order valence-electron chi connectivity index (χ2n) is 14.4. The molecule has 0 amide bonds. The number of carbonyl (C=O) groups is 2. The fourth-order valence-corrected chi connectivity index (χ4v) is 6.22. The first kappa shape index (κ1) is 48.1. The van der Waals surface area contributed by atoms with E-state index in [4.69, 9.17) is 9.47 Å². The molecule has 0 radical (unpaired) electrons. The van der Waals surface area contributed by atoms with Crippen molar-refractivity contribution in [3.8, 4) is 0 Å². The highest BCUT2D eigenvalue weighted by Crippen LogP contribution is 2.15. The van der Waals surface area contributed by atoms with Crippen molar-refractivity contribution in [1.29, 1.82) is 0 Å². The summed E-state index contributed by atoms with van der Waals surface area (Å²) in [7, 11) is 0. The molecular formula is C45H82O5. The third-order valence-electron chi connectivity index (χ3n) is 9.45. The Hall–Kier alpha value is -1.88. The molecule has 1 atom stereocenters. The molecule has 0 saturated carbocycles. The average molecular weight is 703 g/mol. The third kappa shape index (κ3) is 38.9. The molecule has 0 aliphatic rings. The lowest BCUT2D eigenvalue weighted by Crippen LogP contribution is -2.28. The van der Waals surface area contributed by atoms with Gasteiger partial charge in [-0.25, -0.2) is 0 Å². The van der Waals surface area contributed by atoms with Gasteiger partial charge in [0.05, 0.1) is 6.61 Å². The molecule has 0 heterocycles. The summed E-state index contributed by atoms with van der Waals surface area (Å²) >= 11 is 0. The van der Waals surface area contributed by atoms with Gasteiger partial charge in [-0.2, -0.15) is 0 Å². The summed E-state index contributed by atoms with van der Waals surface area (Å²) in [6, 6.07) is 0. The van der Waals surface area contributed by atoms with E-state index < -0.39 is 6.10 Å². The van der Waals surface area contributed by atoms with Crippen LogP contribution in [0.5, 0.6) is 0 Å². The van der Waals surface area contributed by atoms with E-state index in [1.54, 1.807) is 0 Å². The molecule has 5 nitrogen and oxygen atoms in total. The zero-order chi connectivity index (χ0) is 36.4. The molecular weight excluding hydrogens is 620 g/mol. The Morgan fingerprint density at radius 3 is 1.30 bits per heavy atom. The Labute approximate surface area is 310 Å². The lowest BCUT2D eigenvalue weighted by Gasteiger charge is -2.15. The summed E-state index contributed by atoms with van der Waals surface area (Å²) in [4.78, 5) is 24.3. The number of aliphatic hydroxyl groups is 1. The number of rotatable bonds is 39. The fourth-order valence-electron chi connectivity index (χ4n) is 6.22. The minimum Gasteiger partial charge on any atom is -0.462 e. The minimum absolute atomic E-state index is 0.0667. The van der Waals surface area contributed by atoms with Gasteiger partial charge < -0.3 is 14.6 Å². The molecule has 1 unspecified atom stereocenters. The van der Waals surface area contributed by atoms with Crippen molar-refractivity contribution in [2.75, 3.05) is 13.2 Å². The summed E-state index contributed by atoms with van der Waals surface area (Å²) < 4.78 is 10.6. The molecule has 1 N–H and O–H groups in total. The molecule has 0 saturated heterocycles. The van der Waals surface area contributed by atoms with E-state index >= 15 is 0 Å². The maximum atomic E-state index is 12.2. The van der Waals surface area contributed by atoms with Crippen molar-refractivity contribution in [3.63, 3.8) is 0 Å². The topological polar surface area (TPSA) is 72.8 Å². The largest absolute Gasteiger partial charge is 0.462 e. The van der Waals surface area contributed by atoms with Gasteiger partial charge in [-0.1, -0.05) is 198 Å². The predicted octanol–water partition coefficient (Wildman–Crippen LogP) is 13.6. The van der Waals surface area contributed by atoms with E-state index in [0.29, 0.717) is 12.8 Å². The molecule has 292 valence electrons. The van der Waals surface area contributed by atoms with E-state index in [-0.39, 0.29) is 25.2 Å². The Bertz CT molecular complexity index is 801. The smallest absolute Gasteiger partial charge is 0.306 e. The van der Waals surface area contributed by atoms with E-state index in [0.717, 1.165) is 64.2 Å². The molecule has 0 bridgehead atoms. The summed E-state index contributed by atoms with van der Waals surface area (Å²) in [6.45, 7) is 4.04. The van der Waals surface area contributed by atoms with Gasteiger partial charge in [-0.15, -0.1) is 0 Å². The van der Waals surface area contributed by atoms with Crippen LogP contribution in [0.1, 0.15) is 219 Å². The Balaban J connectivity index is 3.51. The van der Waals surface area contributed by atoms with Crippen molar-refractivity contribution < 1.29 is 24.2 Å². The van der Waals surface area contributed by atoms with Gasteiger partial charge in [0, 0.05) is 12.8 Å². The Kier molecular flexibility index (Phi) is 40.0. The molecule has 0 aromatic carbocycles. The SMILES string of the molecule is CC/C=C\C/C=C\C/C=C\CCCCCCCCCC(=O)OC(CO)COC(=O)CCCCCCCCCCCCCCCCCCCCC. The molecule has 0 aliphatic heterocycles. The van der Waals surface area contributed by atoms with Crippen molar-refractivity contribution in [2.45, 2.75) is 225 Å². The van der Waals surface area contributed by atoms with Crippen LogP contribution in [-0.4, -0.2) is 36.4 Å². The first-order chi connectivity index (χ1) is 24.6. The number of carbonyl (C=O) groups excluding carboxylic acids is 2. The molecule has 0 aromatic rings. The summed E-state index contributed by atoms with van der Waals surface area (Å²) in [5.41, 5.74) is 0. The third-order valence-corrected chi connectivity index (χ3v) is 9.45. The van der Waals surface area contributed by atoms with Crippen LogP contribution < -0.4 is 0 Å². The highest BCUT2D eigenvalue weighted by molar-refractivity contribution is 5.70. The molecule has 50 heavy (non-hydrogen) atoms. The lowest BCUT2D eigenvalue weighted by atomic mass is 10.0. The summed E-state index contributed by atoms with van der Waals surface area (Å²) in [5.74, 6) is -0.594. The molecule has 0 aliphatic carbocycles. The normalized spacial score (nSPS) is 12.5. The number of esters is 2. The van der Waals surface area contributed by atoms with Crippen molar-refractivity contribution in [3.05, 3.63) is 36.5 Å². The summed E-state index contributed by atoms with van der Waals surface area (Å²) in [5, 5.41) is 9.58. The maximum Gasteiger partial charge on any atom is 0.306 e. The van der Waals surface area contributed by atoms with Gasteiger partial charge >= 0.3 is 11.9 Å². The second-order valence-corrected chi connectivity index (χ2v) is 14.4. The molecule has 0 fully saturated rings. The Morgan fingerprint density at radius 2 is 0.860 bits per heavy atom. The standard InChI is InChI=1S/C45H82O5/c1-3-5-7-9-11-13-15-17-19-21-22-24-25-27-29-31-33-35-37-39-44(47)49-42-43(41-46)50-45(48)40-38-36-34-32-30-28-26-23-20-18-16-14-12-10-8-6-4-2/h6,8,12,14,18,20,43,46H,3-5,7,9-11,13,15-17,19,21-42H2,1-2H3/b8-6-,14-12-,20-18-. The van der Waals surface area contributed by atoms with Crippen molar-refractivity contribution in [1.82, 2.24) is 0 Å². The number of aliphatic hydroxyl groups excluding tert-OH is 1. The Morgan fingerprint density at radius 1 is 0.480 bits per heavy atom. The van der Waals surface area contributed by atoms with Gasteiger partial charge in [-0.3, -0.25) is 9.59 Å². The van der Waals surface area contributed by atoms with Gasteiger partial charge in [0.1, 0.15) is 6.61 Å². The zero-order valence-electron chi connectivity index (χ0n) is 33.2. The van der Waals surface area contributed by atoms with Crippen LogP contribution in [0.4, 0.5) is 0 Å². The van der Waals surface area contributed by atoms with Crippen LogP contribution >= 0.6 is 0 Å². The van der Waals surface area contributed by atoms with Crippen LogP contribution in [0.25, 0.3) is 0 Å². The number of hydrogen-bond acceptors (Lipinski definition) is 5. The van der Waals surface area contributed by atoms with Gasteiger partial charge in [-0.05, 0) is 44.9 Å². The molecule has 0 rings (SSSR count). The monoisotopic (exact) mass is 703 g/mol. The van der Waals surface area contributed by atoms with Crippen LogP contribution in [0.2, 0.25) is 0 Å². The number of unbranched alkanes of at least 4 members (excludes halogenated alkanes) is 25. The van der Waals surface area contributed by atoms with Crippen LogP contribution in [0.15, 0.2) is 36.5 Å². The van der Waals surface area contributed by atoms with E-state index in [9.17, 15) is 14.7 Å². The highest BCUT2D eigenvalue weighted by atomic mass is 16.6. The summed E-state index contributed by atoms with van der Waals surface area (Å²) in [6.07, 6.45) is 50.7. The van der Waals surface area contributed by atoms with Gasteiger partial charge in [0.2, 0.25) is 0 Å². The maximum absolute atomic E-state index is 12.2. The molecule has 5 heteroatoms. The van der Waals surface area contributed by atoms with E-state index in [1.165, 1.54) is 128 Å². The van der Waals surface area contributed by atoms with E-state index in [2.05, 4.69) is 50.3 Å². The molecule has 0 aromatic heterocycles. The van der Waals surface area contributed by atoms with Gasteiger partial charge in [0.25, 0.3) is 0 Å². The van der Waals surface area contributed by atoms with Crippen LogP contribution in [0, 0.1) is 0 Å². The highest BCUT2D eigenvalue weighted by Gasteiger charge is 2.16. The quantitative estimate of drug-likeness (QED) is 0.0392. The zero-order valence-corrected chi connectivity index (χ0v) is 33.2. The van der Waals surface area contributed by atoms with Crippen molar-refractivity contribution >= 4 is 11.9 Å². The number of hydrogen-bond donors (Lipinski definition) is 1. The second kappa shape index (κ2) is 41.5. The first-order valence-electron chi connectivity index (χ1n) is 21.5. The number of allylic oxidation sites excluding steroid dienone is 6. The molecule has 0 spiro atoms. The minimum atomic E-state index is -0.774. The lowest BCUT2D eigenvalue weighted by molar-refractivity contribution is -0.161.